The normalized spacial score (nSPS) is 12.0. The number of hydrogen-bond donors (Lipinski definition) is 2. The molecule has 1 atom stereocenters. The Morgan fingerprint density at radius 1 is 1.32 bits per heavy atom. The fraction of sp³-hybridized carbons (Fsp3) is 0.467. The Morgan fingerprint density at radius 3 is 2.64 bits per heavy atom. The van der Waals surface area contributed by atoms with Gasteiger partial charge in [-0.1, -0.05) is 12.1 Å². The van der Waals surface area contributed by atoms with Crippen molar-refractivity contribution in [3.05, 3.63) is 29.8 Å². The molecule has 0 saturated heterocycles. The van der Waals surface area contributed by atoms with Gasteiger partial charge in [-0.3, -0.25) is 4.79 Å². The van der Waals surface area contributed by atoms with Crippen LogP contribution in [-0.2, 0) is 14.3 Å². The van der Waals surface area contributed by atoms with Gasteiger partial charge in [0.1, 0.15) is 19.0 Å². The lowest BCUT2D eigenvalue weighted by atomic mass is 10.1. The van der Waals surface area contributed by atoms with E-state index in [1.54, 1.807) is 7.11 Å². The molecular formula is C15H22N2O5. The molecule has 1 rings (SSSR count). The van der Waals surface area contributed by atoms with Crippen LogP contribution in [0.1, 0.15) is 11.6 Å². The van der Waals surface area contributed by atoms with Crippen LogP contribution in [0.5, 0.6) is 5.75 Å². The summed E-state index contributed by atoms with van der Waals surface area (Å²) >= 11 is 0. The van der Waals surface area contributed by atoms with Crippen molar-refractivity contribution in [1.29, 1.82) is 0 Å². The highest BCUT2D eigenvalue weighted by Crippen LogP contribution is 2.21. The lowest BCUT2D eigenvalue weighted by molar-refractivity contribution is -0.143. The Morgan fingerprint density at radius 2 is 2.05 bits per heavy atom. The number of methoxy groups -OCH3 is 1. The van der Waals surface area contributed by atoms with Gasteiger partial charge in [0, 0.05) is 6.54 Å². The number of nitrogens with zero attached hydrogens (tertiary/aromatic N) is 1. The first-order valence-corrected chi connectivity index (χ1v) is 6.80. The first kappa shape index (κ1) is 17.9. The summed E-state index contributed by atoms with van der Waals surface area (Å²) in [4.78, 5) is 23.9. The minimum atomic E-state index is -1.10. The second-order valence-electron chi connectivity index (χ2n) is 4.95. The maximum absolute atomic E-state index is 11.6. The van der Waals surface area contributed by atoms with Gasteiger partial charge in [0.25, 0.3) is 0 Å². The second kappa shape index (κ2) is 9.01. The number of benzene rings is 1. The Hall–Kier alpha value is -2.12. The first-order valence-electron chi connectivity index (χ1n) is 6.80. The van der Waals surface area contributed by atoms with Crippen molar-refractivity contribution >= 4 is 11.9 Å². The number of nitrogens with one attached hydrogen (secondary N) is 1. The predicted molar refractivity (Wildman–Crippen MR) is 80.9 cm³/mol. The summed E-state index contributed by atoms with van der Waals surface area (Å²) in [6.45, 7) is -0.375. The number of likely N-dealkylation sites (N-methyl/N-ethyl adjacent to an activating group) is 1. The van der Waals surface area contributed by atoms with E-state index in [4.69, 9.17) is 14.6 Å². The van der Waals surface area contributed by atoms with Gasteiger partial charge >= 0.3 is 5.97 Å². The largest absolute Gasteiger partial charge is 0.497 e. The van der Waals surface area contributed by atoms with Crippen LogP contribution in [0.4, 0.5) is 0 Å². The molecular weight excluding hydrogens is 288 g/mol. The van der Waals surface area contributed by atoms with Crippen LogP contribution in [0.15, 0.2) is 24.3 Å². The van der Waals surface area contributed by atoms with Gasteiger partial charge in [-0.25, -0.2) is 4.79 Å². The third kappa shape index (κ3) is 6.11. The Bertz CT molecular complexity index is 504. The molecule has 0 saturated carbocycles. The average molecular weight is 310 g/mol. The summed E-state index contributed by atoms with van der Waals surface area (Å²) < 4.78 is 9.95. The smallest absolute Gasteiger partial charge is 0.329 e. The zero-order valence-corrected chi connectivity index (χ0v) is 13.0. The third-order valence-electron chi connectivity index (χ3n) is 3.05. The van der Waals surface area contributed by atoms with Gasteiger partial charge < -0.3 is 24.8 Å². The number of ether oxygens (including phenoxy) is 2. The molecule has 0 aliphatic heterocycles. The number of carboxylic acid groups (broad SMARTS) is 1. The number of carbonyl (C=O) groups excluding carboxylic acids is 1. The number of rotatable bonds is 9. The SMILES string of the molecule is COc1cccc([C@@H](CNC(=O)COCC(=O)O)N(C)C)c1. The molecule has 0 unspecified atom stereocenters. The van der Waals surface area contributed by atoms with E-state index >= 15 is 0 Å². The van der Waals surface area contributed by atoms with Crippen molar-refractivity contribution in [2.75, 3.05) is 41.0 Å². The molecule has 1 aromatic rings. The van der Waals surface area contributed by atoms with Crippen LogP contribution in [0, 0.1) is 0 Å². The molecule has 0 heterocycles. The van der Waals surface area contributed by atoms with Gasteiger partial charge in [0.15, 0.2) is 0 Å². The van der Waals surface area contributed by atoms with Crippen molar-refractivity contribution in [2.24, 2.45) is 0 Å². The van der Waals surface area contributed by atoms with Crippen molar-refractivity contribution in [3.8, 4) is 5.75 Å². The van der Waals surface area contributed by atoms with E-state index in [1.165, 1.54) is 0 Å². The molecule has 7 heteroatoms. The van der Waals surface area contributed by atoms with Gasteiger partial charge in [-0.05, 0) is 31.8 Å². The molecule has 0 fully saturated rings. The standard InChI is InChI=1S/C15H22N2O5/c1-17(2)13(11-5-4-6-12(7-11)21-3)8-16-14(18)9-22-10-15(19)20/h4-7,13H,8-10H2,1-3H3,(H,16,18)(H,19,20)/t13-/m1/s1. The number of carboxylic acids is 1. The molecule has 122 valence electrons. The van der Waals surface area contributed by atoms with Crippen LogP contribution >= 0.6 is 0 Å². The van der Waals surface area contributed by atoms with E-state index in [0.29, 0.717) is 6.54 Å². The summed E-state index contributed by atoms with van der Waals surface area (Å²) in [7, 11) is 5.43. The van der Waals surface area contributed by atoms with Crippen molar-refractivity contribution in [3.63, 3.8) is 0 Å². The summed E-state index contributed by atoms with van der Waals surface area (Å²) in [5.41, 5.74) is 1.01. The van der Waals surface area contributed by atoms with Gasteiger partial charge in [-0.2, -0.15) is 0 Å². The van der Waals surface area contributed by atoms with E-state index in [2.05, 4.69) is 5.32 Å². The molecule has 2 N–H and O–H groups in total. The molecule has 7 nitrogen and oxygen atoms in total. The Balaban J connectivity index is 2.57. The molecule has 0 radical (unpaired) electrons. The maximum Gasteiger partial charge on any atom is 0.329 e. The van der Waals surface area contributed by atoms with Crippen molar-refractivity contribution in [1.82, 2.24) is 10.2 Å². The fourth-order valence-electron chi connectivity index (χ4n) is 1.94. The Labute approximate surface area is 129 Å². The van der Waals surface area contributed by atoms with E-state index in [0.717, 1.165) is 11.3 Å². The summed E-state index contributed by atoms with van der Waals surface area (Å²) in [5, 5.41) is 11.2. The van der Waals surface area contributed by atoms with Crippen LogP contribution in [-0.4, -0.2) is 62.8 Å². The molecule has 0 aliphatic rings. The fourth-order valence-corrected chi connectivity index (χ4v) is 1.94. The van der Waals surface area contributed by atoms with E-state index in [9.17, 15) is 9.59 Å². The molecule has 0 spiro atoms. The zero-order valence-electron chi connectivity index (χ0n) is 13.0. The van der Waals surface area contributed by atoms with Crippen molar-refractivity contribution < 1.29 is 24.2 Å². The number of aliphatic carboxylic acids is 1. The topological polar surface area (TPSA) is 88.1 Å². The van der Waals surface area contributed by atoms with E-state index in [1.807, 2.05) is 43.3 Å². The van der Waals surface area contributed by atoms with Gasteiger partial charge in [0.2, 0.25) is 5.91 Å². The lowest BCUT2D eigenvalue weighted by Gasteiger charge is -2.25. The zero-order chi connectivity index (χ0) is 16.5. The number of hydrogen-bond acceptors (Lipinski definition) is 5. The molecule has 0 aromatic heterocycles. The monoisotopic (exact) mass is 310 g/mol. The number of amides is 1. The Kier molecular flexibility index (Phi) is 7.34. The highest BCUT2D eigenvalue weighted by Gasteiger charge is 2.16. The third-order valence-corrected chi connectivity index (χ3v) is 3.05. The van der Waals surface area contributed by atoms with Crippen molar-refractivity contribution in [2.45, 2.75) is 6.04 Å². The molecule has 0 bridgehead atoms. The summed E-state index contributed by atoms with van der Waals surface area (Å²) in [6, 6.07) is 7.59. The van der Waals surface area contributed by atoms with Crippen LogP contribution in [0.3, 0.4) is 0 Å². The minimum absolute atomic E-state index is 0.0291. The second-order valence-corrected chi connectivity index (χ2v) is 4.95. The van der Waals surface area contributed by atoms with E-state index < -0.39 is 12.6 Å². The van der Waals surface area contributed by atoms with Gasteiger partial charge in [0.05, 0.1) is 13.2 Å². The molecule has 0 aliphatic carbocycles. The quantitative estimate of drug-likeness (QED) is 0.691. The summed E-state index contributed by atoms with van der Waals surface area (Å²) in [5.74, 6) is -0.702. The highest BCUT2D eigenvalue weighted by atomic mass is 16.5. The first-order chi connectivity index (χ1) is 10.4. The number of carbonyl (C=O) groups is 2. The maximum atomic E-state index is 11.6. The molecule has 1 aromatic carbocycles. The average Bonchev–Trinajstić information content (AvgIpc) is 2.47. The van der Waals surface area contributed by atoms with Gasteiger partial charge in [-0.15, -0.1) is 0 Å². The van der Waals surface area contributed by atoms with Crippen LogP contribution in [0.2, 0.25) is 0 Å². The lowest BCUT2D eigenvalue weighted by Crippen LogP contribution is -2.36. The van der Waals surface area contributed by atoms with E-state index in [-0.39, 0.29) is 18.6 Å². The minimum Gasteiger partial charge on any atom is -0.497 e. The van der Waals surface area contributed by atoms with Crippen LogP contribution in [0.25, 0.3) is 0 Å². The predicted octanol–water partition coefficient (Wildman–Crippen LogP) is 0.515. The van der Waals surface area contributed by atoms with Crippen LogP contribution < -0.4 is 10.1 Å². The molecule has 1 amide bonds. The highest BCUT2D eigenvalue weighted by molar-refractivity contribution is 5.77. The molecule has 22 heavy (non-hydrogen) atoms. The summed E-state index contributed by atoms with van der Waals surface area (Å²) in [6.07, 6.45) is 0.